The van der Waals surface area contributed by atoms with Crippen molar-refractivity contribution in [2.24, 2.45) is 4.99 Å². The molecule has 0 saturated carbocycles. The van der Waals surface area contributed by atoms with Crippen molar-refractivity contribution in [3.8, 4) is 0 Å². The van der Waals surface area contributed by atoms with E-state index in [1.807, 2.05) is 0 Å². The number of unbranched alkanes of at least 4 members (excludes halogenated alkanes) is 8. The van der Waals surface area contributed by atoms with Gasteiger partial charge < -0.3 is 4.90 Å². The van der Waals surface area contributed by atoms with Crippen LogP contribution >= 0.6 is 0 Å². The summed E-state index contributed by atoms with van der Waals surface area (Å²) < 4.78 is 0. The van der Waals surface area contributed by atoms with Gasteiger partial charge in [0, 0.05) is 19.5 Å². The zero-order chi connectivity index (χ0) is 13.1. The Balaban J connectivity index is 1.87. The molecular formula is C16H32N2. The van der Waals surface area contributed by atoms with Gasteiger partial charge in [-0.1, -0.05) is 58.3 Å². The molecule has 0 radical (unpaired) electrons. The highest BCUT2D eigenvalue weighted by Crippen LogP contribution is 2.13. The van der Waals surface area contributed by atoms with Gasteiger partial charge in [0.1, 0.15) is 0 Å². The maximum Gasteiger partial charge on any atom is 0.0990 e. The molecule has 2 heteroatoms. The molecule has 0 saturated heterocycles. The number of likely N-dealkylation sites (N-methyl/N-ethyl adjacent to an activating group) is 1. The minimum absolute atomic E-state index is 1.03. The van der Waals surface area contributed by atoms with Crippen molar-refractivity contribution in [2.75, 3.05) is 19.6 Å². The minimum atomic E-state index is 1.03. The fourth-order valence-electron chi connectivity index (χ4n) is 2.70. The highest BCUT2D eigenvalue weighted by molar-refractivity contribution is 5.83. The summed E-state index contributed by atoms with van der Waals surface area (Å²) in [6, 6.07) is 0. The van der Waals surface area contributed by atoms with Crippen molar-refractivity contribution < 1.29 is 0 Å². The monoisotopic (exact) mass is 252 g/mol. The summed E-state index contributed by atoms with van der Waals surface area (Å²) >= 11 is 0. The van der Waals surface area contributed by atoms with Gasteiger partial charge in [0.15, 0.2) is 0 Å². The van der Waals surface area contributed by atoms with Crippen LogP contribution in [0.2, 0.25) is 0 Å². The molecule has 0 fully saturated rings. The van der Waals surface area contributed by atoms with E-state index in [1.54, 1.807) is 0 Å². The van der Waals surface area contributed by atoms with Crippen LogP contribution in [0.1, 0.15) is 78.1 Å². The molecule has 0 atom stereocenters. The summed E-state index contributed by atoms with van der Waals surface area (Å²) in [6.07, 6.45) is 13.9. The highest BCUT2D eigenvalue weighted by atomic mass is 15.2. The molecule has 106 valence electrons. The topological polar surface area (TPSA) is 15.6 Å². The Labute approximate surface area is 114 Å². The molecule has 1 heterocycles. The molecule has 0 spiro atoms. The first-order valence-electron chi connectivity index (χ1n) is 8.16. The second kappa shape index (κ2) is 10.4. The number of rotatable bonds is 11. The molecule has 0 unspecified atom stereocenters. The lowest BCUT2D eigenvalue weighted by atomic mass is 10.1. The number of hydrogen-bond acceptors (Lipinski definition) is 2. The van der Waals surface area contributed by atoms with Gasteiger partial charge in [0.25, 0.3) is 0 Å². The molecule has 1 aliphatic rings. The summed E-state index contributed by atoms with van der Waals surface area (Å²) in [5, 5.41) is 0. The third kappa shape index (κ3) is 6.42. The Hall–Kier alpha value is -0.530. The molecule has 0 bridgehead atoms. The maximum absolute atomic E-state index is 4.60. The molecule has 2 nitrogen and oxygen atoms in total. The van der Waals surface area contributed by atoms with E-state index < -0.39 is 0 Å². The lowest BCUT2D eigenvalue weighted by molar-refractivity contribution is 0.470. The Morgan fingerprint density at radius 3 is 2.11 bits per heavy atom. The predicted molar refractivity (Wildman–Crippen MR) is 81.4 cm³/mol. The molecular weight excluding hydrogens is 220 g/mol. The fraction of sp³-hybridized carbons (Fsp3) is 0.938. The van der Waals surface area contributed by atoms with E-state index in [1.165, 1.54) is 70.0 Å². The Morgan fingerprint density at radius 1 is 0.889 bits per heavy atom. The second-order valence-corrected chi connectivity index (χ2v) is 5.46. The Kier molecular flexibility index (Phi) is 8.97. The van der Waals surface area contributed by atoms with E-state index in [4.69, 9.17) is 0 Å². The largest absolute Gasteiger partial charge is 0.359 e. The van der Waals surface area contributed by atoms with Crippen molar-refractivity contribution in [1.29, 1.82) is 0 Å². The number of aliphatic imine (C=N–C) groups is 1. The average Bonchev–Trinajstić information content (AvgIpc) is 2.84. The third-order valence-electron chi connectivity index (χ3n) is 3.91. The van der Waals surface area contributed by atoms with Crippen LogP contribution in [0.15, 0.2) is 4.99 Å². The molecule has 1 rings (SSSR count). The van der Waals surface area contributed by atoms with Crippen molar-refractivity contribution in [3.63, 3.8) is 0 Å². The molecule has 0 aromatic heterocycles. The van der Waals surface area contributed by atoms with Crippen LogP contribution < -0.4 is 0 Å². The van der Waals surface area contributed by atoms with Crippen LogP contribution in [0.3, 0.4) is 0 Å². The molecule has 0 amide bonds. The van der Waals surface area contributed by atoms with E-state index in [2.05, 4.69) is 23.7 Å². The van der Waals surface area contributed by atoms with Gasteiger partial charge in [-0.2, -0.15) is 0 Å². The van der Waals surface area contributed by atoms with Crippen molar-refractivity contribution in [3.05, 3.63) is 0 Å². The van der Waals surface area contributed by atoms with Gasteiger partial charge in [-0.05, 0) is 13.3 Å². The Bertz CT molecular complexity index is 223. The summed E-state index contributed by atoms with van der Waals surface area (Å²) in [7, 11) is 0. The number of nitrogens with zero attached hydrogens (tertiary/aromatic N) is 2. The van der Waals surface area contributed by atoms with Crippen LogP contribution in [-0.2, 0) is 0 Å². The van der Waals surface area contributed by atoms with Crippen LogP contribution in [0.5, 0.6) is 0 Å². The predicted octanol–water partition coefficient (Wildman–Crippen LogP) is 4.64. The first-order valence-corrected chi connectivity index (χ1v) is 8.16. The molecule has 1 aliphatic heterocycles. The van der Waals surface area contributed by atoms with E-state index in [-0.39, 0.29) is 0 Å². The summed E-state index contributed by atoms with van der Waals surface area (Å²) in [5.41, 5.74) is 0. The molecule has 0 N–H and O–H groups in total. The van der Waals surface area contributed by atoms with E-state index in [0.29, 0.717) is 0 Å². The van der Waals surface area contributed by atoms with Gasteiger partial charge in [-0.25, -0.2) is 0 Å². The van der Waals surface area contributed by atoms with Gasteiger partial charge in [0.2, 0.25) is 0 Å². The van der Waals surface area contributed by atoms with Gasteiger partial charge >= 0.3 is 0 Å². The fourth-order valence-corrected chi connectivity index (χ4v) is 2.70. The van der Waals surface area contributed by atoms with Crippen molar-refractivity contribution >= 4 is 5.84 Å². The van der Waals surface area contributed by atoms with Gasteiger partial charge in [-0.3, -0.25) is 4.99 Å². The average molecular weight is 252 g/mol. The molecule has 0 aromatic carbocycles. The number of amidine groups is 1. The summed E-state index contributed by atoms with van der Waals surface area (Å²) in [4.78, 5) is 7.03. The standard InChI is InChI=1S/C16H32N2/c1-3-5-6-7-8-9-10-11-12-13-16-17-14-15-18(16)4-2/h3-15H2,1-2H3. The summed E-state index contributed by atoms with van der Waals surface area (Å²) in [6.45, 7) is 7.84. The first-order chi connectivity index (χ1) is 8.88. The molecule has 18 heavy (non-hydrogen) atoms. The third-order valence-corrected chi connectivity index (χ3v) is 3.91. The Morgan fingerprint density at radius 2 is 1.50 bits per heavy atom. The SMILES string of the molecule is CCCCCCCCCCCC1=NCCN1CC. The normalized spacial score (nSPS) is 15.2. The quantitative estimate of drug-likeness (QED) is 0.489. The van der Waals surface area contributed by atoms with E-state index in [0.717, 1.165) is 19.6 Å². The zero-order valence-corrected chi connectivity index (χ0v) is 12.6. The zero-order valence-electron chi connectivity index (χ0n) is 12.6. The van der Waals surface area contributed by atoms with Crippen LogP contribution in [0.4, 0.5) is 0 Å². The second-order valence-electron chi connectivity index (χ2n) is 5.46. The van der Waals surface area contributed by atoms with E-state index >= 15 is 0 Å². The first kappa shape index (κ1) is 15.5. The van der Waals surface area contributed by atoms with Gasteiger partial charge in [-0.15, -0.1) is 0 Å². The van der Waals surface area contributed by atoms with Crippen LogP contribution in [-0.4, -0.2) is 30.4 Å². The number of hydrogen-bond donors (Lipinski definition) is 0. The van der Waals surface area contributed by atoms with Gasteiger partial charge in [0.05, 0.1) is 12.4 Å². The maximum atomic E-state index is 4.60. The smallest absolute Gasteiger partial charge is 0.0990 e. The lowest BCUT2D eigenvalue weighted by Gasteiger charge is -2.17. The van der Waals surface area contributed by atoms with Crippen LogP contribution in [0, 0.1) is 0 Å². The lowest BCUT2D eigenvalue weighted by Crippen LogP contribution is -2.27. The molecule has 0 aliphatic carbocycles. The molecule has 0 aromatic rings. The highest BCUT2D eigenvalue weighted by Gasteiger charge is 2.13. The van der Waals surface area contributed by atoms with Crippen LogP contribution in [0.25, 0.3) is 0 Å². The summed E-state index contributed by atoms with van der Waals surface area (Å²) in [5.74, 6) is 1.38. The van der Waals surface area contributed by atoms with Crippen molar-refractivity contribution in [2.45, 2.75) is 78.1 Å². The minimum Gasteiger partial charge on any atom is -0.359 e. The van der Waals surface area contributed by atoms with Crippen molar-refractivity contribution in [1.82, 2.24) is 4.90 Å². The van der Waals surface area contributed by atoms with E-state index in [9.17, 15) is 0 Å².